The van der Waals surface area contributed by atoms with Crippen LogP contribution in [0.1, 0.15) is 35.4 Å². The highest BCUT2D eigenvalue weighted by atomic mass is 19.1. The molecule has 4 nitrogen and oxygen atoms in total. The average Bonchev–Trinajstić information content (AvgIpc) is 3.09. The SMILES string of the molecule is O=C(CN1CCN(CCc2ccc(F)cc2)CC1)N1CCCC(c2ccc(F)cc2)c2ccc(F)cc21. The van der Waals surface area contributed by atoms with E-state index >= 15 is 0 Å². The highest BCUT2D eigenvalue weighted by Gasteiger charge is 2.29. The van der Waals surface area contributed by atoms with Crippen molar-refractivity contribution in [3.05, 3.63) is 101 Å². The minimum absolute atomic E-state index is 0.0151. The number of piperazine rings is 1. The van der Waals surface area contributed by atoms with Crippen LogP contribution in [0.2, 0.25) is 0 Å². The van der Waals surface area contributed by atoms with Crippen molar-refractivity contribution in [3.8, 4) is 0 Å². The molecule has 1 unspecified atom stereocenters. The van der Waals surface area contributed by atoms with Crippen molar-refractivity contribution in [3.63, 3.8) is 0 Å². The summed E-state index contributed by atoms with van der Waals surface area (Å²) in [5.74, 6) is -0.914. The van der Waals surface area contributed by atoms with Crippen LogP contribution in [0.3, 0.4) is 0 Å². The number of amides is 1. The summed E-state index contributed by atoms with van der Waals surface area (Å²) in [6.07, 6.45) is 2.45. The largest absolute Gasteiger partial charge is 0.311 e. The third-order valence-electron chi connectivity index (χ3n) is 7.56. The Kier molecular flexibility index (Phi) is 7.91. The predicted octanol–water partition coefficient (Wildman–Crippen LogP) is 5.22. The topological polar surface area (TPSA) is 26.8 Å². The molecule has 3 aromatic rings. The van der Waals surface area contributed by atoms with Crippen LogP contribution in [0, 0.1) is 17.5 Å². The van der Waals surface area contributed by atoms with Crippen LogP contribution in [-0.4, -0.2) is 61.5 Å². The van der Waals surface area contributed by atoms with Gasteiger partial charge in [0.2, 0.25) is 5.91 Å². The molecule has 1 saturated heterocycles. The summed E-state index contributed by atoms with van der Waals surface area (Å²) in [6, 6.07) is 17.8. The molecule has 0 radical (unpaired) electrons. The maximum atomic E-state index is 14.3. The van der Waals surface area contributed by atoms with Gasteiger partial charge in [0.1, 0.15) is 17.5 Å². The van der Waals surface area contributed by atoms with Gasteiger partial charge in [-0.25, -0.2) is 13.2 Å². The first-order valence-corrected chi connectivity index (χ1v) is 13.0. The van der Waals surface area contributed by atoms with Gasteiger partial charge >= 0.3 is 0 Å². The molecule has 37 heavy (non-hydrogen) atoms. The first kappa shape index (κ1) is 25.5. The van der Waals surface area contributed by atoms with Gasteiger partial charge in [-0.15, -0.1) is 0 Å². The lowest BCUT2D eigenvalue weighted by Crippen LogP contribution is -2.50. The van der Waals surface area contributed by atoms with Gasteiger partial charge in [-0.1, -0.05) is 30.3 Å². The van der Waals surface area contributed by atoms with E-state index in [2.05, 4.69) is 9.80 Å². The van der Waals surface area contributed by atoms with Gasteiger partial charge in [0.25, 0.3) is 0 Å². The Morgan fingerprint density at radius 3 is 2.08 bits per heavy atom. The van der Waals surface area contributed by atoms with Crippen molar-refractivity contribution in [1.82, 2.24) is 9.80 Å². The van der Waals surface area contributed by atoms with Crippen LogP contribution in [0.25, 0.3) is 0 Å². The van der Waals surface area contributed by atoms with E-state index in [0.717, 1.165) is 68.7 Å². The molecule has 0 N–H and O–H groups in total. The Labute approximate surface area is 216 Å². The van der Waals surface area contributed by atoms with E-state index in [4.69, 9.17) is 0 Å². The van der Waals surface area contributed by atoms with E-state index in [-0.39, 0.29) is 29.3 Å². The Balaban J connectivity index is 1.22. The van der Waals surface area contributed by atoms with Gasteiger partial charge < -0.3 is 9.80 Å². The molecule has 1 atom stereocenters. The summed E-state index contributed by atoms with van der Waals surface area (Å²) in [4.78, 5) is 19.7. The van der Waals surface area contributed by atoms with E-state index in [9.17, 15) is 18.0 Å². The molecule has 5 rings (SSSR count). The van der Waals surface area contributed by atoms with Crippen LogP contribution in [0.5, 0.6) is 0 Å². The molecule has 3 aromatic carbocycles. The second-order valence-electron chi connectivity index (χ2n) is 9.99. The standard InChI is InChI=1S/C30H32F3N3O/c31-24-7-3-22(4-8-24)13-15-34-16-18-35(19-17-34)21-30(37)36-14-1-2-27(23-5-9-25(32)10-6-23)28-12-11-26(33)20-29(28)36/h3-12,20,27H,1-2,13-19,21H2. The van der Waals surface area contributed by atoms with Crippen LogP contribution in [0.15, 0.2) is 66.7 Å². The zero-order valence-corrected chi connectivity index (χ0v) is 20.9. The zero-order valence-electron chi connectivity index (χ0n) is 20.9. The fraction of sp³-hybridized carbons (Fsp3) is 0.367. The summed E-state index contributed by atoms with van der Waals surface area (Å²) >= 11 is 0. The third kappa shape index (κ3) is 6.22. The smallest absolute Gasteiger partial charge is 0.241 e. The Hall–Kier alpha value is -3.16. The van der Waals surface area contributed by atoms with Crippen molar-refractivity contribution >= 4 is 11.6 Å². The first-order valence-electron chi connectivity index (χ1n) is 13.0. The van der Waals surface area contributed by atoms with Crippen molar-refractivity contribution < 1.29 is 18.0 Å². The minimum Gasteiger partial charge on any atom is -0.311 e. The molecule has 2 aliphatic heterocycles. The molecular weight excluding hydrogens is 475 g/mol. The number of rotatable bonds is 6. The van der Waals surface area contributed by atoms with E-state index in [1.807, 2.05) is 12.1 Å². The van der Waals surface area contributed by atoms with Gasteiger partial charge in [0.15, 0.2) is 0 Å². The summed E-state index contributed by atoms with van der Waals surface area (Å²) in [7, 11) is 0. The highest BCUT2D eigenvalue weighted by molar-refractivity contribution is 5.96. The quantitative estimate of drug-likeness (QED) is 0.458. The number of halogens is 3. The van der Waals surface area contributed by atoms with Crippen LogP contribution < -0.4 is 4.90 Å². The molecule has 2 aliphatic rings. The number of carbonyl (C=O) groups is 1. The Bertz CT molecular complexity index is 1210. The molecule has 0 aliphatic carbocycles. The second kappa shape index (κ2) is 11.5. The van der Waals surface area contributed by atoms with Crippen LogP contribution in [-0.2, 0) is 11.2 Å². The number of hydrogen-bond donors (Lipinski definition) is 0. The lowest BCUT2D eigenvalue weighted by atomic mass is 9.87. The number of carbonyl (C=O) groups excluding carboxylic acids is 1. The van der Waals surface area contributed by atoms with E-state index in [0.29, 0.717) is 18.8 Å². The van der Waals surface area contributed by atoms with Gasteiger partial charge in [0.05, 0.1) is 12.2 Å². The van der Waals surface area contributed by atoms with Crippen LogP contribution >= 0.6 is 0 Å². The molecule has 7 heteroatoms. The van der Waals surface area contributed by atoms with Gasteiger partial charge in [-0.05, 0) is 72.4 Å². The fourth-order valence-electron chi connectivity index (χ4n) is 5.46. The predicted molar refractivity (Wildman–Crippen MR) is 139 cm³/mol. The molecule has 1 fully saturated rings. The number of fused-ring (bicyclic) bond motifs is 1. The lowest BCUT2D eigenvalue weighted by molar-refractivity contribution is -0.120. The fourth-order valence-corrected chi connectivity index (χ4v) is 5.46. The molecule has 0 bridgehead atoms. The molecule has 0 spiro atoms. The lowest BCUT2D eigenvalue weighted by Gasteiger charge is -2.35. The molecule has 194 valence electrons. The zero-order chi connectivity index (χ0) is 25.8. The number of hydrogen-bond acceptors (Lipinski definition) is 3. The van der Waals surface area contributed by atoms with Crippen molar-refractivity contribution in [2.24, 2.45) is 0 Å². The molecular formula is C30H32F3N3O. The summed E-state index contributed by atoms with van der Waals surface area (Å²) < 4.78 is 41.0. The average molecular weight is 508 g/mol. The van der Waals surface area contributed by atoms with E-state index in [1.165, 1.54) is 36.4 Å². The number of anilines is 1. The van der Waals surface area contributed by atoms with E-state index < -0.39 is 0 Å². The summed E-state index contributed by atoms with van der Waals surface area (Å²) in [5.41, 5.74) is 3.62. The maximum Gasteiger partial charge on any atom is 0.241 e. The van der Waals surface area contributed by atoms with Gasteiger partial charge in [-0.2, -0.15) is 0 Å². The van der Waals surface area contributed by atoms with Crippen molar-refractivity contribution in [2.45, 2.75) is 25.2 Å². The van der Waals surface area contributed by atoms with Crippen molar-refractivity contribution in [1.29, 1.82) is 0 Å². The van der Waals surface area contributed by atoms with Crippen LogP contribution in [0.4, 0.5) is 18.9 Å². The molecule has 0 saturated carbocycles. The summed E-state index contributed by atoms with van der Waals surface area (Å²) in [5, 5.41) is 0. The highest BCUT2D eigenvalue weighted by Crippen LogP contribution is 2.39. The minimum atomic E-state index is -0.369. The maximum absolute atomic E-state index is 14.3. The number of benzene rings is 3. The van der Waals surface area contributed by atoms with Gasteiger partial charge in [0, 0.05) is 45.2 Å². The first-order chi connectivity index (χ1) is 18.0. The normalized spacial score (nSPS) is 18.9. The van der Waals surface area contributed by atoms with Gasteiger partial charge in [-0.3, -0.25) is 9.69 Å². The molecule has 2 heterocycles. The molecule has 1 amide bonds. The van der Waals surface area contributed by atoms with Crippen molar-refractivity contribution in [2.75, 3.05) is 50.7 Å². The monoisotopic (exact) mass is 507 g/mol. The Morgan fingerprint density at radius 2 is 1.38 bits per heavy atom. The number of nitrogens with zero attached hydrogens (tertiary/aromatic N) is 3. The Morgan fingerprint density at radius 1 is 0.757 bits per heavy atom. The molecule has 0 aromatic heterocycles. The third-order valence-corrected chi connectivity index (χ3v) is 7.56. The summed E-state index contributed by atoms with van der Waals surface area (Å²) in [6.45, 7) is 5.04. The second-order valence-corrected chi connectivity index (χ2v) is 9.99. The van der Waals surface area contributed by atoms with E-state index in [1.54, 1.807) is 23.1 Å².